The van der Waals surface area contributed by atoms with E-state index in [4.69, 9.17) is 8.71 Å². The second kappa shape index (κ2) is 6.03. The average molecular weight is 334 g/mol. The Labute approximate surface area is 126 Å². The molecular weight excluding hydrogens is 311 g/mol. The molecule has 5 nitrogen and oxygen atoms in total. The van der Waals surface area contributed by atoms with Crippen molar-refractivity contribution < 1.29 is 21.9 Å². The minimum absolute atomic E-state index is 0.139. The van der Waals surface area contributed by atoms with Crippen LogP contribution in [0.25, 0.3) is 0 Å². The van der Waals surface area contributed by atoms with Crippen molar-refractivity contribution in [1.29, 1.82) is 0 Å². The van der Waals surface area contributed by atoms with Crippen LogP contribution in [0.4, 0.5) is 0 Å². The molecule has 1 aromatic rings. The van der Waals surface area contributed by atoms with E-state index in [0.29, 0.717) is 6.16 Å². The van der Waals surface area contributed by atoms with Crippen LogP contribution in [0.15, 0.2) is 29.2 Å². The van der Waals surface area contributed by atoms with E-state index in [9.17, 15) is 13.2 Å². The van der Waals surface area contributed by atoms with E-state index in [0.717, 1.165) is 5.56 Å². The van der Waals surface area contributed by atoms with Gasteiger partial charge in [-0.15, -0.1) is 0 Å². The molecule has 0 bridgehead atoms. The quantitative estimate of drug-likeness (QED) is 0.591. The first-order chi connectivity index (χ1) is 9.39. The summed E-state index contributed by atoms with van der Waals surface area (Å²) in [4.78, 5) is 10.9. The normalized spacial score (nSPS) is 14.2. The molecule has 0 spiro atoms. The topological polar surface area (TPSA) is 69.7 Å². The van der Waals surface area contributed by atoms with Crippen LogP contribution in [0, 0.1) is 6.92 Å². The maximum atomic E-state index is 12.4. The number of benzene rings is 1. The number of hydrogen-bond acceptors (Lipinski definition) is 5. The van der Waals surface area contributed by atoms with Crippen LogP contribution < -0.4 is 0 Å². The molecule has 0 atom stereocenters. The zero-order chi connectivity index (χ0) is 16.3. The third-order valence-electron chi connectivity index (χ3n) is 2.84. The van der Waals surface area contributed by atoms with Crippen molar-refractivity contribution in [2.75, 3.05) is 32.8 Å². The second-order valence-electron chi connectivity index (χ2n) is 6.37. The number of carbonyl (C=O) groups excluding carboxylic acids is 1. The minimum atomic E-state index is -3.83. The van der Waals surface area contributed by atoms with Gasteiger partial charge >= 0.3 is 126 Å². The van der Waals surface area contributed by atoms with Crippen LogP contribution >= 0.6 is 6.83 Å². The Bertz CT molecular complexity index is 611. The molecule has 0 aliphatic rings. The fourth-order valence-electron chi connectivity index (χ4n) is 1.65. The van der Waals surface area contributed by atoms with Gasteiger partial charge in [0.1, 0.15) is 0 Å². The van der Waals surface area contributed by atoms with Crippen molar-refractivity contribution in [1.82, 2.24) is 0 Å². The molecular formula is C14H23O5PS. The molecule has 0 N–H and O–H groups in total. The maximum absolute atomic E-state index is 12.4. The molecule has 1 rings (SSSR count). The van der Waals surface area contributed by atoms with Gasteiger partial charge in [-0.2, -0.15) is 0 Å². The Morgan fingerprint density at radius 2 is 1.67 bits per heavy atom. The third-order valence-corrected chi connectivity index (χ3v) is 8.39. The summed E-state index contributed by atoms with van der Waals surface area (Å²) in [6.45, 7) is 5.79. The van der Waals surface area contributed by atoms with Gasteiger partial charge in [0.05, 0.1) is 0 Å². The summed E-state index contributed by atoms with van der Waals surface area (Å²) >= 11 is 0. The van der Waals surface area contributed by atoms with Crippen molar-refractivity contribution in [2.24, 2.45) is 0 Å². The van der Waals surface area contributed by atoms with Crippen LogP contribution in [-0.2, 0) is 23.6 Å². The first-order valence-corrected chi connectivity index (χ1v) is 11.7. The summed E-state index contributed by atoms with van der Waals surface area (Å²) in [7, 11) is -3.83. The molecule has 0 aliphatic carbocycles. The van der Waals surface area contributed by atoms with Crippen LogP contribution in [0.3, 0.4) is 0 Å². The van der Waals surface area contributed by atoms with E-state index < -0.39 is 16.9 Å². The van der Waals surface area contributed by atoms with Gasteiger partial charge in [0, 0.05) is 0 Å². The van der Waals surface area contributed by atoms with Gasteiger partial charge in [-0.05, 0) is 0 Å². The van der Waals surface area contributed by atoms with Crippen molar-refractivity contribution in [3.8, 4) is 0 Å². The molecule has 0 saturated heterocycles. The Balaban J connectivity index is 2.89. The van der Waals surface area contributed by atoms with Gasteiger partial charge < -0.3 is 0 Å². The number of ether oxygens (including phenoxy) is 1. The van der Waals surface area contributed by atoms with Gasteiger partial charge in [-0.1, -0.05) is 0 Å². The van der Waals surface area contributed by atoms with E-state index in [1.165, 1.54) is 19.1 Å². The Hall–Kier alpha value is -0.970. The molecule has 0 aromatic heterocycles. The van der Waals surface area contributed by atoms with E-state index in [1.807, 2.05) is 6.92 Å². The van der Waals surface area contributed by atoms with Crippen molar-refractivity contribution in [2.45, 2.75) is 18.7 Å². The molecule has 0 unspecified atom stereocenters. The average Bonchev–Trinajstić information content (AvgIpc) is 2.25. The fourth-order valence-corrected chi connectivity index (χ4v) is 6.38. The number of esters is 1. The van der Waals surface area contributed by atoms with Crippen LogP contribution in [-0.4, -0.2) is 47.2 Å². The zero-order valence-electron chi connectivity index (χ0n) is 13.1. The van der Waals surface area contributed by atoms with Crippen molar-refractivity contribution in [3.63, 3.8) is 0 Å². The Kier molecular flexibility index (Phi) is 5.19. The molecule has 0 saturated carbocycles. The summed E-state index contributed by atoms with van der Waals surface area (Å²) < 4.78 is 35.2. The molecule has 0 aliphatic heterocycles. The Morgan fingerprint density at radius 1 is 1.14 bits per heavy atom. The van der Waals surface area contributed by atoms with E-state index in [-0.39, 0.29) is 17.5 Å². The van der Waals surface area contributed by atoms with E-state index >= 15 is 0 Å². The van der Waals surface area contributed by atoms with Crippen LogP contribution in [0.5, 0.6) is 0 Å². The first kappa shape index (κ1) is 18.1. The van der Waals surface area contributed by atoms with Crippen molar-refractivity contribution >= 4 is 22.9 Å². The SMILES string of the molecule is CC(=O)OCCP(C)(C)(C)OS(=O)(=O)c1ccc(C)cc1. The van der Waals surface area contributed by atoms with Gasteiger partial charge in [-0.25, -0.2) is 0 Å². The Morgan fingerprint density at radius 3 is 2.14 bits per heavy atom. The predicted octanol–water partition coefficient (Wildman–Crippen LogP) is 2.62. The number of carbonyl (C=O) groups is 1. The molecule has 0 fully saturated rings. The summed E-state index contributed by atoms with van der Waals surface area (Å²) in [5.41, 5.74) is 0.978. The summed E-state index contributed by atoms with van der Waals surface area (Å²) in [5, 5.41) is 0. The third kappa shape index (κ3) is 6.12. The molecule has 21 heavy (non-hydrogen) atoms. The zero-order valence-corrected chi connectivity index (χ0v) is 14.8. The molecule has 0 heterocycles. The number of rotatable bonds is 6. The second-order valence-corrected chi connectivity index (χ2v) is 14.7. The number of hydrogen-bond donors (Lipinski definition) is 0. The monoisotopic (exact) mass is 334 g/mol. The van der Waals surface area contributed by atoms with Gasteiger partial charge in [0.25, 0.3) is 0 Å². The molecule has 7 heteroatoms. The molecule has 0 amide bonds. The standard InChI is InChI=1S/C14H23O5PS/c1-12-6-8-14(9-7-12)21(16,17)19-20(3,4,5)11-10-18-13(2)15/h6-9H,10-11H2,1-5H3. The first-order valence-electron chi connectivity index (χ1n) is 6.56. The van der Waals surface area contributed by atoms with Crippen LogP contribution in [0.2, 0.25) is 0 Å². The van der Waals surface area contributed by atoms with E-state index in [1.54, 1.807) is 32.1 Å². The van der Waals surface area contributed by atoms with Gasteiger partial charge in [0.2, 0.25) is 0 Å². The van der Waals surface area contributed by atoms with Gasteiger partial charge in [-0.3, -0.25) is 0 Å². The fraction of sp³-hybridized carbons (Fsp3) is 0.500. The molecule has 0 radical (unpaired) electrons. The predicted molar refractivity (Wildman–Crippen MR) is 85.6 cm³/mol. The van der Waals surface area contributed by atoms with E-state index in [2.05, 4.69) is 0 Å². The van der Waals surface area contributed by atoms with Gasteiger partial charge in [0.15, 0.2) is 0 Å². The number of aryl methyl sites for hydroxylation is 1. The molecule has 120 valence electrons. The summed E-state index contributed by atoms with van der Waals surface area (Å²) in [6.07, 6.45) is 0.385. The van der Waals surface area contributed by atoms with Crippen molar-refractivity contribution in [3.05, 3.63) is 29.8 Å². The van der Waals surface area contributed by atoms with Crippen LogP contribution in [0.1, 0.15) is 12.5 Å². The molecule has 1 aromatic carbocycles. The summed E-state index contributed by atoms with van der Waals surface area (Å²) in [6, 6.07) is 6.52. The summed E-state index contributed by atoms with van der Waals surface area (Å²) in [5.74, 6) is -0.386.